The van der Waals surface area contributed by atoms with E-state index >= 15 is 0 Å². The van der Waals surface area contributed by atoms with Crippen LogP contribution in [-0.4, -0.2) is 33.6 Å². The van der Waals surface area contributed by atoms with Crippen molar-refractivity contribution < 1.29 is 14.3 Å². The lowest BCUT2D eigenvalue weighted by Gasteiger charge is -2.56. The average molecular weight is 333 g/mol. The van der Waals surface area contributed by atoms with Gasteiger partial charge < -0.3 is 10.1 Å². The van der Waals surface area contributed by atoms with Gasteiger partial charge in [-0.3, -0.25) is 9.69 Å². The highest BCUT2D eigenvalue weighted by Gasteiger charge is 2.55. The Morgan fingerprint density at radius 3 is 1.88 bits per heavy atom. The first-order chi connectivity index (χ1) is 10.8. The van der Waals surface area contributed by atoms with Gasteiger partial charge in [-0.15, -0.1) is 0 Å². The van der Waals surface area contributed by atoms with Crippen LogP contribution >= 0.6 is 0 Å². The second-order valence-electron chi connectivity index (χ2n) is 7.81. The Morgan fingerprint density at radius 1 is 1.08 bits per heavy atom. The van der Waals surface area contributed by atoms with Gasteiger partial charge >= 0.3 is 5.97 Å². The molecule has 6 nitrogen and oxygen atoms in total. The van der Waals surface area contributed by atoms with Gasteiger partial charge in [-0.2, -0.15) is 5.26 Å². The van der Waals surface area contributed by atoms with Crippen LogP contribution in [0.3, 0.4) is 0 Å². The fourth-order valence-electron chi connectivity index (χ4n) is 3.47. The Bertz CT molecular complexity index is 578. The summed E-state index contributed by atoms with van der Waals surface area (Å²) in [5.74, 6) is -0.962. The van der Waals surface area contributed by atoms with Crippen molar-refractivity contribution in [3.05, 3.63) is 24.3 Å². The van der Waals surface area contributed by atoms with Crippen LogP contribution in [0.5, 0.6) is 0 Å². The number of hydrogen-bond acceptors (Lipinski definition) is 5. The number of nitrogens with zero attached hydrogens (tertiary/aromatic N) is 2. The maximum Gasteiger partial charge on any atom is 0.335 e. The van der Waals surface area contributed by atoms with Crippen molar-refractivity contribution in [3.8, 4) is 6.19 Å². The highest BCUT2D eigenvalue weighted by molar-refractivity contribution is 5.93. The zero-order chi connectivity index (χ0) is 18.9. The lowest BCUT2D eigenvalue weighted by atomic mass is 9.75. The molecule has 0 aromatic carbocycles. The van der Waals surface area contributed by atoms with Crippen LogP contribution in [0.25, 0.3) is 0 Å². The molecule has 0 atom stereocenters. The molecule has 1 fully saturated rings. The number of amides is 1. The molecule has 6 heteroatoms. The predicted octanol–water partition coefficient (Wildman–Crippen LogP) is 2.63. The number of ether oxygens (including phenoxy) is 1. The van der Waals surface area contributed by atoms with Crippen LogP contribution in [0.4, 0.5) is 0 Å². The monoisotopic (exact) mass is 333 g/mol. The molecule has 0 aromatic heterocycles. The summed E-state index contributed by atoms with van der Waals surface area (Å²) in [4.78, 5) is 26.1. The molecule has 1 rings (SSSR count). The summed E-state index contributed by atoms with van der Waals surface area (Å²) in [6, 6.07) is 0. The van der Waals surface area contributed by atoms with Crippen LogP contribution in [0.2, 0.25) is 0 Å². The summed E-state index contributed by atoms with van der Waals surface area (Å²) in [7, 11) is 0. The largest absolute Gasteiger partial charge is 0.435 e. The van der Waals surface area contributed by atoms with Gasteiger partial charge in [0, 0.05) is 24.0 Å². The van der Waals surface area contributed by atoms with Gasteiger partial charge in [-0.25, -0.2) is 4.79 Å². The lowest BCUT2D eigenvalue weighted by molar-refractivity contribution is -0.183. The molecule has 0 aliphatic carbocycles. The first-order valence-corrected chi connectivity index (χ1v) is 7.83. The van der Waals surface area contributed by atoms with Crippen molar-refractivity contribution in [2.45, 2.75) is 71.2 Å². The number of hydrogen-bond donors (Lipinski definition) is 1. The summed E-state index contributed by atoms with van der Waals surface area (Å²) in [5.41, 5.74) is -1.90. The number of carbonyl (C=O) groups excluding carboxylic acids is 2. The summed E-state index contributed by atoms with van der Waals surface area (Å²) in [6.07, 6.45) is 2.77. The zero-order valence-corrected chi connectivity index (χ0v) is 15.4. The molecule has 132 valence electrons. The standard InChI is InChI=1S/C18H27N3O3/c1-12(2)14(22)20-18(24-15(23)13(3)4)9-16(5,6)21(11-19)17(7,8)10-18/h1,3,9-10H2,2,4-8H3,(H,20,22). The minimum atomic E-state index is -1.23. The van der Waals surface area contributed by atoms with E-state index in [1.54, 1.807) is 18.7 Å². The first-order valence-electron chi connectivity index (χ1n) is 7.83. The van der Waals surface area contributed by atoms with E-state index in [9.17, 15) is 14.9 Å². The van der Waals surface area contributed by atoms with Crippen molar-refractivity contribution in [2.24, 2.45) is 0 Å². The SMILES string of the molecule is C=C(C)C(=O)NC1(OC(=O)C(=C)C)CC(C)(C)N(C#N)C(C)(C)C1. The third kappa shape index (κ3) is 3.97. The molecule has 24 heavy (non-hydrogen) atoms. The summed E-state index contributed by atoms with van der Waals surface area (Å²) < 4.78 is 5.68. The molecular formula is C18H27N3O3. The molecule has 0 radical (unpaired) electrons. The predicted molar refractivity (Wildman–Crippen MR) is 91.4 cm³/mol. The van der Waals surface area contributed by atoms with E-state index in [0.717, 1.165) is 0 Å². The van der Waals surface area contributed by atoms with E-state index in [-0.39, 0.29) is 24.3 Å². The average Bonchev–Trinajstić information content (AvgIpc) is 2.35. The second-order valence-corrected chi connectivity index (χ2v) is 7.81. The van der Waals surface area contributed by atoms with Gasteiger partial charge in [0.2, 0.25) is 5.91 Å². The number of likely N-dealkylation sites (tertiary alicyclic amines) is 1. The van der Waals surface area contributed by atoms with E-state index in [1.165, 1.54) is 0 Å². The van der Waals surface area contributed by atoms with Crippen LogP contribution in [0.1, 0.15) is 54.4 Å². The van der Waals surface area contributed by atoms with Crippen LogP contribution in [0.15, 0.2) is 24.3 Å². The van der Waals surface area contributed by atoms with E-state index in [2.05, 4.69) is 24.7 Å². The molecule has 0 aromatic rings. The number of carbonyl (C=O) groups is 2. The van der Waals surface area contributed by atoms with Crippen molar-refractivity contribution in [3.63, 3.8) is 0 Å². The Labute approximate surface area is 144 Å². The maximum absolute atomic E-state index is 12.2. The number of piperidine rings is 1. The zero-order valence-electron chi connectivity index (χ0n) is 15.4. The van der Waals surface area contributed by atoms with Crippen LogP contribution < -0.4 is 5.32 Å². The van der Waals surface area contributed by atoms with Gasteiger partial charge in [0.25, 0.3) is 0 Å². The van der Waals surface area contributed by atoms with Crippen molar-refractivity contribution in [2.75, 3.05) is 0 Å². The van der Waals surface area contributed by atoms with Crippen molar-refractivity contribution in [1.29, 1.82) is 5.26 Å². The number of nitrogens with one attached hydrogen (secondary N) is 1. The molecule has 1 aliphatic rings. The number of rotatable bonds is 4. The molecule has 0 bridgehead atoms. The minimum absolute atomic E-state index is 0.247. The molecule has 0 saturated carbocycles. The number of esters is 1. The quantitative estimate of drug-likeness (QED) is 0.370. The molecule has 1 amide bonds. The third-order valence-corrected chi connectivity index (χ3v) is 4.11. The Hall–Kier alpha value is -2.29. The van der Waals surface area contributed by atoms with Gasteiger partial charge in [-0.1, -0.05) is 13.2 Å². The Morgan fingerprint density at radius 2 is 1.54 bits per heavy atom. The Kier molecular flexibility index (Phi) is 5.19. The molecule has 0 spiro atoms. The molecule has 0 unspecified atom stereocenters. The lowest BCUT2D eigenvalue weighted by Crippen LogP contribution is -2.69. The normalized spacial score (nSPS) is 20.5. The molecule has 1 aliphatic heterocycles. The van der Waals surface area contributed by atoms with E-state index < -0.39 is 22.8 Å². The van der Waals surface area contributed by atoms with Gasteiger partial charge in [-0.05, 0) is 41.5 Å². The molecule has 1 heterocycles. The Balaban J connectivity index is 3.35. The summed E-state index contributed by atoms with van der Waals surface area (Å²) >= 11 is 0. The molecule has 1 saturated heterocycles. The first kappa shape index (κ1) is 19.8. The van der Waals surface area contributed by atoms with E-state index in [4.69, 9.17) is 4.74 Å². The fourth-order valence-corrected chi connectivity index (χ4v) is 3.47. The van der Waals surface area contributed by atoms with Crippen LogP contribution in [-0.2, 0) is 14.3 Å². The van der Waals surface area contributed by atoms with E-state index in [0.29, 0.717) is 5.57 Å². The minimum Gasteiger partial charge on any atom is -0.435 e. The van der Waals surface area contributed by atoms with Gasteiger partial charge in [0.05, 0.1) is 11.1 Å². The van der Waals surface area contributed by atoms with Crippen LogP contribution in [0, 0.1) is 11.5 Å². The topological polar surface area (TPSA) is 82.4 Å². The van der Waals surface area contributed by atoms with E-state index in [1.807, 2.05) is 27.7 Å². The van der Waals surface area contributed by atoms with Gasteiger partial charge in [0.15, 0.2) is 11.9 Å². The smallest absolute Gasteiger partial charge is 0.335 e. The third-order valence-electron chi connectivity index (χ3n) is 4.11. The summed E-state index contributed by atoms with van der Waals surface area (Å²) in [6.45, 7) is 17.9. The fraction of sp³-hybridized carbons (Fsp3) is 0.611. The highest BCUT2D eigenvalue weighted by Crippen LogP contribution is 2.44. The summed E-state index contributed by atoms with van der Waals surface area (Å²) in [5, 5.41) is 12.3. The highest BCUT2D eigenvalue weighted by atomic mass is 16.6. The van der Waals surface area contributed by atoms with Crippen molar-refractivity contribution >= 4 is 11.9 Å². The van der Waals surface area contributed by atoms with Gasteiger partial charge in [0.1, 0.15) is 0 Å². The van der Waals surface area contributed by atoms with Crippen molar-refractivity contribution in [1.82, 2.24) is 10.2 Å². The second kappa shape index (κ2) is 6.31. The molecule has 1 N–H and O–H groups in total. The number of nitriles is 1. The maximum atomic E-state index is 12.2. The molecular weight excluding hydrogens is 306 g/mol.